The Morgan fingerprint density at radius 2 is 1.91 bits per heavy atom. The molecule has 1 saturated carbocycles. The van der Waals surface area contributed by atoms with Crippen molar-refractivity contribution in [2.45, 2.75) is 51.6 Å². The molecule has 1 aliphatic carbocycles. The molecule has 0 saturated heterocycles. The highest BCUT2D eigenvalue weighted by Gasteiger charge is 2.39. The van der Waals surface area contributed by atoms with Crippen LogP contribution < -0.4 is 5.32 Å². The number of aromatic nitrogens is 2. The third-order valence-electron chi connectivity index (χ3n) is 5.77. The fourth-order valence-electron chi connectivity index (χ4n) is 4.04. The van der Waals surface area contributed by atoms with Crippen molar-refractivity contribution in [3.63, 3.8) is 0 Å². The summed E-state index contributed by atoms with van der Waals surface area (Å²) in [4.78, 5) is 20.9. The molecule has 1 aromatic carbocycles. The highest BCUT2D eigenvalue weighted by molar-refractivity contribution is 5.73. The Balaban J connectivity index is 1.77. The van der Waals surface area contributed by atoms with Crippen molar-refractivity contribution in [1.29, 1.82) is 0 Å². The third-order valence-corrected chi connectivity index (χ3v) is 5.77. The van der Waals surface area contributed by atoms with Gasteiger partial charge in [-0.25, -0.2) is 9.97 Å². The van der Waals surface area contributed by atoms with Crippen LogP contribution in [-0.4, -0.2) is 23.0 Å². The van der Waals surface area contributed by atoms with Gasteiger partial charge in [0.15, 0.2) is 0 Å². The molecule has 0 spiro atoms. The quantitative estimate of drug-likeness (QED) is 0.585. The molecule has 7 nitrogen and oxygen atoms in total. The lowest BCUT2D eigenvalue weighted by atomic mass is 9.93. The van der Waals surface area contributed by atoms with Crippen LogP contribution in [0, 0.1) is 19.8 Å². The van der Waals surface area contributed by atoms with E-state index in [0.717, 1.165) is 18.9 Å². The molecule has 0 bridgehead atoms. The number of alkyl halides is 3. The van der Waals surface area contributed by atoms with Gasteiger partial charge in [0.05, 0.1) is 36.4 Å². The summed E-state index contributed by atoms with van der Waals surface area (Å²) in [6, 6.07) is 3.79. The van der Waals surface area contributed by atoms with Gasteiger partial charge in [0.1, 0.15) is 24.2 Å². The number of nitrogens with one attached hydrogen (secondary N) is 1. The molecule has 2 aromatic rings. The van der Waals surface area contributed by atoms with Gasteiger partial charge < -0.3 is 19.5 Å². The predicted octanol–water partition coefficient (Wildman–Crippen LogP) is 4.91. The van der Waals surface area contributed by atoms with Crippen LogP contribution in [0.25, 0.3) is 0 Å². The van der Waals surface area contributed by atoms with E-state index < -0.39 is 30.0 Å². The first kappa shape index (κ1) is 22.9. The summed E-state index contributed by atoms with van der Waals surface area (Å²) in [5, 5.41) is 3.34. The predicted molar refractivity (Wildman–Crippen MR) is 112 cm³/mol. The van der Waals surface area contributed by atoms with Gasteiger partial charge >= 0.3 is 12.1 Å². The molecule has 10 heteroatoms. The van der Waals surface area contributed by atoms with Crippen molar-refractivity contribution in [1.82, 2.24) is 9.97 Å². The van der Waals surface area contributed by atoms with Gasteiger partial charge in [0.2, 0.25) is 0 Å². The van der Waals surface area contributed by atoms with E-state index in [1.807, 2.05) is 0 Å². The topological polar surface area (TPSA) is 82.6 Å². The first-order chi connectivity index (χ1) is 15.7. The number of hydrogen-bond donors (Lipinski definition) is 1. The minimum atomic E-state index is -4.45. The maximum absolute atomic E-state index is 13.5. The van der Waals surface area contributed by atoms with E-state index >= 15 is 0 Å². The van der Waals surface area contributed by atoms with Gasteiger partial charge in [-0.05, 0) is 49.8 Å². The Labute approximate surface area is 189 Å². The Hall–Kier alpha value is -3.30. The smallest absolute Gasteiger partial charge is 0.416 e. The first-order valence-electron chi connectivity index (χ1n) is 10.5. The van der Waals surface area contributed by atoms with E-state index in [1.165, 1.54) is 32.6 Å². The van der Waals surface area contributed by atoms with Gasteiger partial charge in [-0.3, -0.25) is 4.79 Å². The zero-order valence-electron chi connectivity index (χ0n) is 18.4. The Kier molecular flexibility index (Phi) is 6.18. The monoisotopic (exact) mass is 463 g/mol. The largest absolute Gasteiger partial charge is 0.469 e. The first-order valence-corrected chi connectivity index (χ1v) is 10.5. The number of hydrogen-bond acceptors (Lipinski definition) is 7. The zero-order chi connectivity index (χ0) is 23.8. The number of carbonyl (C=O) groups excluding carboxylic acids is 1. The lowest BCUT2D eigenvalue weighted by molar-refractivity contribution is -0.140. The SMILES string of the molecule is COC(=O)Cc1nc(C)nc(N[C@@H](c2cccc(C(F)(F)F)c2C)C2CC2)c1C1OC=CO1. The van der Waals surface area contributed by atoms with Crippen molar-refractivity contribution in [3.05, 3.63) is 64.5 Å². The van der Waals surface area contributed by atoms with Crippen LogP contribution in [0.15, 0.2) is 30.7 Å². The number of benzene rings is 1. The average Bonchev–Trinajstić information content (AvgIpc) is 3.45. The lowest BCUT2D eigenvalue weighted by Gasteiger charge is -2.26. The van der Waals surface area contributed by atoms with E-state index in [-0.39, 0.29) is 17.9 Å². The van der Waals surface area contributed by atoms with Crippen LogP contribution in [-0.2, 0) is 31.6 Å². The van der Waals surface area contributed by atoms with Crippen molar-refractivity contribution < 1.29 is 32.2 Å². The van der Waals surface area contributed by atoms with E-state index in [1.54, 1.807) is 13.0 Å². The Morgan fingerprint density at radius 1 is 1.21 bits per heavy atom. The summed E-state index contributed by atoms with van der Waals surface area (Å²) < 4.78 is 56.4. The molecular formula is C23H24F3N3O4. The number of esters is 1. The van der Waals surface area contributed by atoms with Crippen LogP contribution in [0.2, 0.25) is 0 Å². The summed E-state index contributed by atoms with van der Waals surface area (Å²) in [7, 11) is 1.28. The molecule has 0 amide bonds. The van der Waals surface area contributed by atoms with E-state index in [0.29, 0.717) is 28.5 Å². The van der Waals surface area contributed by atoms with Crippen molar-refractivity contribution in [2.75, 3.05) is 12.4 Å². The molecule has 1 atom stereocenters. The van der Waals surface area contributed by atoms with Gasteiger partial charge in [-0.2, -0.15) is 13.2 Å². The Bertz CT molecular complexity index is 1080. The van der Waals surface area contributed by atoms with Crippen molar-refractivity contribution in [2.24, 2.45) is 5.92 Å². The highest BCUT2D eigenvalue weighted by Crippen LogP contribution is 2.46. The third kappa shape index (κ3) is 4.89. The number of ether oxygens (including phenoxy) is 3. The van der Waals surface area contributed by atoms with Crippen molar-refractivity contribution in [3.8, 4) is 0 Å². The number of carbonyl (C=O) groups is 1. The van der Waals surface area contributed by atoms with Crippen LogP contribution in [0.5, 0.6) is 0 Å². The second-order valence-electron chi connectivity index (χ2n) is 8.09. The highest BCUT2D eigenvalue weighted by atomic mass is 19.4. The zero-order valence-corrected chi connectivity index (χ0v) is 18.4. The van der Waals surface area contributed by atoms with Crippen LogP contribution in [0.3, 0.4) is 0 Å². The minimum Gasteiger partial charge on any atom is -0.469 e. The number of methoxy groups -OCH3 is 1. The summed E-state index contributed by atoms with van der Waals surface area (Å²) >= 11 is 0. The summed E-state index contributed by atoms with van der Waals surface area (Å²) in [6.07, 6.45) is -0.994. The molecular weight excluding hydrogens is 439 g/mol. The molecule has 4 rings (SSSR count). The fourth-order valence-corrected chi connectivity index (χ4v) is 4.04. The van der Waals surface area contributed by atoms with Gasteiger partial charge in [0, 0.05) is 0 Å². The van der Waals surface area contributed by atoms with Crippen molar-refractivity contribution >= 4 is 11.8 Å². The fraction of sp³-hybridized carbons (Fsp3) is 0.435. The molecule has 1 fully saturated rings. The number of rotatable bonds is 7. The molecule has 2 heterocycles. The second-order valence-corrected chi connectivity index (χ2v) is 8.09. The minimum absolute atomic E-state index is 0.135. The normalized spacial score (nSPS) is 16.8. The molecule has 1 aliphatic heterocycles. The van der Waals surface area contributed by atoms with Crippen LogP contribution in [0.1, 0.15) is 58.9 Å². The molecule has 2 aliphatic rings. The van der Waals surface area contributed by atoms with Gasteiger partial charge in [0.25, 0.3) is 6.29 Å². The number of anilines is 1. The van der Waals surface area contributed by atoms with Gasteiger partial charge in [-0.15, -0.1) is 0 Å². The molecule has 1 N–H and O–H groups in total. The number of nitrogens with zero attached hydrogens (tertiary/aromatic N) is 2. The molecule has 0 unspecified atom stereocenters. The number of halogens is 3. The molecule has 33 heavy (non-hydrogen) atoms. The maximum Gasteiger partial charge on any atom is 0.416 e. The average molecular weight is 463 g/mol. The van der Waals surface area contributed by atoms with Gasteiger partial charge in [-0.1, -0.05) is 12.1 Å². The van der Waals surface area contributed by atoms with E-state index in [9.17, 15) is 18.0 Å². The van der Waals surface area contributed by atoms with Crippen LogP contribution >= 0.6 is 0 Å². The molecule has 1 aromatic heterocycles. The Morgan fingerprint density at radius 3 is 2.52 bits per heavy atom. The summed E-state index contributed by atoms with van der Waals surface area (Å²) in [5.74, 6) is 0.381. The van der Waals surface area contributed by atoms with E-state index in [2.05, 4.69) is 15.3 Å². The molecule has 176 valence electrons. The molecule has 0 radical (unpaired) electrons. The lowest BCUT2D eigenvalue weighted by Crippen LogP contribution is -2.22. The second kappa shape index (κ2) is 8.92. The summed E-state index contributed by atoms with van der Waals surface area (Å²) in [6.45, 7) is 3.16. The summed E-state index contributed by atoms with van der Waals surface area (Å²) in [5.41, 5.74) is 0.832. The number of aryl methyl sites for hydroxylation is 1. The van der Waals surface area contributed by atoms with Crippen LogP contribution in [0.4, 0.5) is 19.0 Å². The van der Waals surface area contributed by atoms with E-state index in [4.69, 9.17) is 14.2 Å². The standard InChI is InChI=1S/C23H24F3N3O4/c1-12-15(5-4-6-16(12)23(24,25)26)20(14-7-8-14)29-21-19(22-32-9-10-33-22)17(11-18(30)31-3)27-13(2)28-21/h4-6,9-10,14,20,22H,7-8,11H2,1-3H3,(H,27,28,29)/t20-/m1/s1. The maximum atomic E-state index is 13.5.